The van der Waals surface area contributed by atoms with E-state index >= 15 is 0 Å². The van der Waals surface area contributed by atoms with Crippen LogP contribution in [0.2, 0.25) is 5.15 Å². The van der Waals surface area contributed by atoms with Gasteiger partial charge in [-0.15, -0.1) is 0 Å². The molecule has 0 fully saturated rings. The first-order valence-electron chi connectivity index (χ1n) is 5.18. The second-order valence-electron chi connectivity index (χ2n) is 3.08. The molecule has 0 aromatic carbocycles. The van der Waals surface area contributed by atoms with Crippen LogP contribution in [0.3, 0.4) is 0 Å². The topological polar surface area (TPSA) is 57.7 Å². The van der Waals surface area contributed by atoms with Gasteiger partial charge in [0.15, 0.2) is 5.75 Å². The third-order valence-corrected chi connectivity index (χ3v) is 4.05. The highest BCUT2D eigenvalue weighted by atomic mass is 35.5. The average molecular weight is 280 g/mol. The molecule has 0 N–H and O–H groups in total. The van der Waals surface area contributed by atoms with Gasteiger partial charge in [-0.3, -0.25) is 0 Å². The number of pyridine rings is 1. The van der Waals surface area contributed by atoms with Crippen molar-refractivity contribution in [2.75, 3.05) is 19.9 Å². The summed E-state index contributed by atoms with van der Waals surface area (Å²) in [5.74, 6) is 0.446. The Bertz CT molecular complexity index is 427. The Labute approximate surface area is 106 Å². The van der Waals surface area contributed by atoms with Gasteiger partial charge >= 0.3 is 7.60 Å². The molecule has 0 bridgehead atoms. The highest BCUT2D eigenvalue weighted by Gasteiger charge is 2.25. The quantitative estimate of drug-likeness (QED) is 0.590. The van der Waals surface area contributed by atoms with Crippen LogP contribution in [0.25, 0.3) is 0 Å². The zero-order chi connectivity index (χ0) is 12.9. The SMILES string of the molecule is CCOP(=O)(CC)Oc1ccc(Cl)nc1OC. The minimum Gasteiger partial charge on any atom is -0.478 e. The van der Waals surface area contributed by atoms with Crippen LogP contribution in [0.5, 0.6) is 11.6 Å². The Balaban J connectivity index is 2.97. The summed E-state index contributed by atoms with van der Waals surface area (Å²) in [6.07, 6.45) is 0.270. The van der Waals surface area contributed by atoms with Gasteiger partial charge < -0.3 is 13.8 Å². The van der Waals surface area contributed by atoms with E-state index in [4.69, 9.17) is 25.4 Å². The van der Waals surface area contributed by atoms with E-state index in [2.05, 4.69) is 4.98 Å². The lowest BCUT2D eigenvalue weighted by molar-refractivity contribution is 0.274. The van der Waals surface area contributed by atoms with Gasteiger partial charge in [-0.2, -0.15) is 4.98 Å². The Hall–Kier alpha value is -0.770. The molecule has 7 heteroatoms. The number of hydrogen-bond donors (Lipinski definition) is 0. The maximum absolute atomic E-state index is 12.1. The number of hydrogen-bond acceptors (Lipinski definition) is 5. The minimum absolute atomic E-state index is 0.186. The lowest BCUT2D eigenvalue weighted by Crippen LogP contribution is -2.02. The largest absolute Gasteiger partial charge is 0.478 e. The number of halogens is 1. The fourth-order valence-electron chi connectivity index (χ4n) is 1.15. The fourth-order valence-corrected chi connectivity index (χ4v) is 2.49. The molecule has 0 spiro atoms. The molecule has 96 valence electrons. The van der Waals surface area contributed by atoms with Gasteiger partial charge in [0.05, 0.1) is 19.9 Å². The van der Waals surface area contributed by atoms with Crippen LogP contribution in [-0.4, -0.2) is 24.9 Å². The van der Waals surface area contributed by atoms with E-state index in [0.717, 1.165) is 0 Å². The van der Waals surface area contributed by atoms with E-state index in [1.54, 1.807) is 19.9 Å². The van der Waals surface area contributed by atoms with Crippen molar-refractivity contribution in [2.24, 2.45) is 0 Å². The molecular formula is C10H15ClNO4P. The minimum atomic E-state index is -3.14. The molecule has 5 nitrogen and oxygen atoms in total. The molecule has 0 aliphatic rings. The number of rotatable bonds is 6. The molecule has 0 saturated carbocycles. The smallest absolute Gasteiger partial charge is 0.379 e. The van der Waals surface area contributed by atoms with Crippen molar-refractivity contribution in [1.29, 1.82) is 0 Å². The van der Waals surface area contributed by atoms with Crippen molar-refractivity contribution in [3.05, 3.63) is 17.3 Å². The van der Waals surface area contributed by atoms with E-state index in [0.29, 0.717) is 6.61 Å². The standard InChI is InChI=1S/C10H15ClNO4P/c1-4-15-17(13,5-2)16-8-6-7-9(11)12-10(8)14-3/h6-7H,4-5H2,1-3H3. The highest BCUT2D eigenvalue weighted by molar-refractivity contribution is 7.54. The van der Waals surface area contributed by atoms with E-state index in [1.807, 2.05) is 0 Å². The lowest BCUT2D eigenvalue weighted by atomic mass is 10.4. The maximum Gasteiger partial charge on any atom is 0.379 e. The van der Waals surface area contributed by atoms with Gasteiger partial charge in [-0.05, 0) is 19.1 Å². The molecule has 1 rings (SSSR count). The monoisotopic (exact) mass is 279 g/mol. The van der Waals surface area contributed by atoms with Gasteiger partial charge in [-0.25, -0.2) is 4.57 Å². The predicted octanol–water partition coefficient (Wildman–Crippen LogP) is 3.37. The summed E-state index contributed by atoms with van der Waals surface area (Å²) in [4.78, 5) is 3.91. The van der Waals surface area contributed by atoms with Gasteiger partial charge in [0, 0.05) is 0 Å². The molecule has 1 aromatic rings. The maximum atomic E-state index is 12.1. The van der Waals surface area contributed by atoms with E-state index in [-0.39, 0.29) is 22.9 Å². The molecule has 0 saturated heterocycles. The second-order valence-corrected chi connectivity index (χ2v) is 5.76. The summed E-state index contributed by atoms with van der Waals surface area (Å²) in [6, 6.07) is 3.08. The summed E-state index contributed by atoms with van der Waals surface area (Å²) in [6.45, 7) is 3.80. The Kier molecular flexibility index (Phi) is 5.25. The van der Waals surface area contributed by atoms with Crippen molar-refractivity contribution in [3.63, 3.8) is 0 Å². The van der Waals surface area contributed by atoms with Crippen molar-refractivity contribution >= 4 is 19.2 Å². The third-order valence-electron chi connectivity index (χ3n) is 1.94. The number of aromatic nitrogens is 1. The van der Waals surface area contributed by atoms with Crippen LogP contribution < -0.4 is 9.26 Å². The zero-order valence-electron chi connectivity index (χ0n) is 9.97. The summed E-state index contributed by atoms with van der Waals surface area (Å²) < 4.78 is 27.6. The average Bonchev–Trinajstić information content (AvgIpc) is 2.32. The molecule has 17 heavy (non-hydrogen) atoms. The van der Waals surface area contributed by atoms with E-state index < -0.39 is 7.60 Å². The molecular weight excluding hydrogens is 265 g/mol. The second kappa shape index (κ2) is 6.24. The highest BCUT2D eigenvalue weighted by Crippen LogP contribution is 2.49. The first-order chi connectivity index (χ1) is 8.04. The molecule has 1 heterocycles. The van der Waals surface area contributed by atoms with Crippen LogP contribution >= 0.6 is 19.2 Å². The summed E-state index contributed by atoms with van der Waals surface area (Å²) in [5, 5.41) is 0.275. The predicted molar refractivity (Wildman–Crippen MR) is 66.2 cm³/mol. The van der Waals surface area contributed by atoms with Crippen LogP contribution in [-0.2, 0) is 9.09 Å². The lowest BCUT2D eigenvalue weighted by Gasteiger charge is -2.18. The first kappa shape index (κ1) is 14.3. The molecule has 1 aromatic heterocycles. The van der Waals surface area contributed by atoms with Gasteiger partial charge in [0.1, 0.15) is 5.15 Å². The van der Waals surface area contributed by atoms with Gasteiger partial charge in [0.25, 0.3) is 5.88 Å². The number of ether oxygens (including phenoxy) is 1. The van der Waals surface area contributed by atoms with Crippen LogP contribution in [0.4, 0.5) is 0 Å². The Morgan fingerprint density at radius 3 is 2.65 bits per heavy atom. The van der Waals surface area contributed by atoms with Crippen molar-refractivity contribution in [1.82, 2.24) is 4.98 Å². The number of methoxy groups -OCH3 is 1. The van der Waals surface area contributed by atoms with Crippen molar-refractivity contribution in [2.45, 2.75) is 13.8 Å². The summed E-state index contributed by atoms with van der Waals surface area (Å²) in [5.41, 5.74) is 0. The zero-order valence-corrected chi connectivity index (χ0v) is 11.6. The molecule has 0 aliphatic carbocycles. The summed E-state index contributed by atoms with van der Waals surface area (Å²) >= 11 is 5.71. The fraction of sp³-hybridized carbons (Fsp3) is 0.500. The molecule has 1 unspecified atom stereocenters. The third kappa shape index (κ3) is 3.87. The molecule has 0 radical (unpaired) electrons. The van der Waals surface area contributed by atoms with Crippen molar-refractivity contribution < 1.29 is 18.3 Å². The Morgan fingerprint density at radius 1 is 1.41 bits per heavy atom. The van der Waals surface area contributed by atoms with Crippen LogP contribution in [0.1, 0.15) is 13.8 Å². The molecule has 1 atom stereocenters. The number of nitrogens with zero attached hydrogens (tertiary/aromatic N) is 1. The molecule has 0 aliphatic heterocycles. The summed E-state index contributed by atoms with van der Waals surface area (Å²) in [7, 11) is -1.71. The molecule has 0 amide bonds. The van der Waals surface area contributed by atoms with Crippen molar-refractivity contribution in [3.8, 4) is 11.6 Å². The first-order valence-corrected chi connectivity index (χ1v) is 7.29. The van der Waals surface area contributed by atoms with Crippen LogP contribution in [0.15, 0.2) is 12.1 Å². The van der Waals surface area contributed by atoms with Gasteiger partial charge in [-0.1, -0.05) is 18.5 Å². The van der Waals surface area contributed by atoms with E-state index in [9.17, 15) is 4.57 Å². The normalized spacial score (nSPS) is 14.1. The Morgan fingerprint density at radius 2 is 2.12 bits per heavy atom. The van der Waals surface area contributed by atoms with E-state index in [1.165, 1.54) is 13.2 Å². The van der Waals surface area contributed by atoms with Gasteiger partial charge in [0.2, 0.25) is 0 Å². The van der Waals surface area contributed by atoms with Crippen LogP contribution in [0, 0.1) is 0 Å².